The minimum Gasteiger partial charge on any atom is -0.310 e. The Morgan fingerprint density at radius 2 is 2.05 bits per heavy atom. The predicted molar refractivity (Wildman–Crippen MR) is 77.0 cm³/mol. The molecule has 0 aliphatic rings. The summed E-state index contributed by atoms with van der Waals surface area (Å²) in [6.07, 6.45) is 2.93. The van der Waals surface area contributed by atoms with Gasteiger partial charge in [0.1, 0.15) is 6.33 Å². The van der Waals surface area contributed by atoms with Crippen LogP contribution in [0.5, 0.6) is 0 Å². The zero-order valence-corrected chi connectivity index (χ0v) is 12.0. The maximum Gasteiger partial charge on any atom is 0.164 e. The fourth-order valence-electron chi connectivity index (χ4n) is 1.96. The maximum absolute atomic E-state index is 4.47. The van der Waals surface area contributed by atoms with Crippen LogP contribution in [-0.2, 0) is 13.1 Å². The standard InChI is InChI=1S/C15H22N4/c1-4-7-16-9-15-17-11-19(18-15)10-14-6-5-12(2)13(3)8-14/h5-6,8,11,16H,4,7,9-10H2,1-3H3. The Labute approximate surface area is 114 Å². The highest BCUT2D eigenvalue weighted by Crippen LogP contribution is 2.10. The molecule has 0 spiro atoms. The zero-order chi connectivity index (χ0) is 13.7. The van der Waals surface area contributed by atoms with Gasteiger partial charge in [0.2, 0.25) is 0 Å². The highest BCUT2D eigenvalue weighted by atomic mass is 15.3. The first-order chi connectivity index (χ1) is 9.19. The van der Waals surface area contributed by atoms with Gasteiger partial charge in [0.25, 0.3) is 0 Å². The molecule has 1 aromatic heterocycles. The van der Waals surface area contributed by atoms with Crippen molar-refractivity contribution < 1.29 is 0 Å². The Morgan fingerprint density at radius 3 is 2.79 bits per heavy atom. The van der Waals surface area contributed by atoms with Crippen LogP contribution in [0.25, 0.3) is 0 Å². The number of nitrogens with zero attached hydrogens (tertiary/aromatic N) is 3. The van der Waals surface area contributed by atoms with Crippen molar-refractivity contribution >= 4 is 0 Å². The van der Waals surface area contributed by atoms with Crippen molar-refractivity contribution in [1.82, 2.24) is 20.1 Å². The lowest BCUT2D eigenvalue weighted by atomic mass is 10.1. The highest BCUT2D eigenvalue weighted by molar-refractivity contribution is 5.29. The van der Waals surface area contributed by atoms with Gasteiger partial charge in [-0.25, -0.2) is 9.67 Å². The van der Waals surface area contributed by atoms with Gasteiger partial charge in [-0.15, -0.1) is 0 Å². The minimum atomic E-state index is 0.744. The van der Waals surface area contributed by atoms with Gasteiger partial charge in [-0.3, -0.25) is 0 Å². The summed E-state index contributed by atoms with van der Waals surface area (Å²) in [7, 11) is 0. The molecule has 1 heterocycles. The van der Waals surface area contributed by atoms with E-state index in [1.807, 2.05) is 4.68 Å². The molecule has 1 aromatic carbocycles. The van der Waals surface area contributed by atoms with Crippen LogP contribution in [0, 0.1) is 13.8 Å². The SMILES string of the molecule is CCCNCc1ncn(Cc2ccc(C)c(C)c2)n1. The van der Waals surface area contributed by atoms with Crippen molar-refractivity contribution in [2.24, 2.45) is 0 Å². The normalized spacial score (nSPS) is 10.9. The van der Waals surface area contributed by atoms with E-state index in [2.05, 4.69) is 54.4 Å². The van der Waals surface area contributed by atoms with Crippen molar-refractivity contribution in [3.8, 4) is 0 Å². The molecule has 4 heteroatoms. The van der Waals surface area contributed by atoms with Crippen LogP contribution < -0.4 is 5.32 Å². The second-order valence-electron chi connectivity index (χ2n) is 4.95. The van der Waals surface area contributed by atoms with E-state index in [0.29, 0.717) is 0 Å². The first kappa shape index (κ1) is 13.7. The van der Waals surface area contributed by atoms with Crippen LogP contribution >= 0.6 is 0 Å². The Hall–Kier alpha value is -1.68. The Bertz CT molecular complexity index is 531. The summed E-state index contributed by atoms with van der Waals surface area (Å²) >= 11 is 0. The number of hydrogen-bond donors (Lipinski definition) is 1. The van der Waals surface area contributed by atoms with Gasteiger partial charge in [0.15, 0.2) is 5.82 Å². The minimum absolute atomic E-state index is 0.744. The van der Waals surface area contributed by atoms with Crippen molar-refractivity contribution in [1.29, 1.82) is 0 Å². The van der Waals surface area contributed by atoms with Crippen molar-refractivity contribution in [2.45, 2.75) is 40.3 Å². The molecule has 0 radical (unpaired) electrons. The van der Waals surface area contributed by atoms with E-state index in [1.165, 1.54) is 16.7 Å². The van der Waals surface area contributed by atoms with E-state index in [0.717, 1.165) is 31.9 Å². The molecule has 0 aliphatic heterocycles. The molecule has 0 bridgehead atoms. The molecule has 0 atom stereocenters. The van der Waals surface area contributed by atoms with E-state index in [9.17, 15) is 0 Å². The summed E-state index contributed by atoms with van der Waals surface area (Å²) < 4.78 is 1.90. The maximum atomic E-state index is 4.47. The molecule has 0 saturated heterocycles. The van der Waals surface area contributed by atoms with Crippen LogP contribution in [0.4, 0.5) is 0 Å². The second kappa shape index (κ2) is 6.48. The van der Waals surface area contributed by atoms with E-state index in [-0.39, 0.29) is 0 Å². The summed E-state index contributed by atoms with van der Waals surface area (Å²) in [5.74, 6) is 0.859. The number of aromatic nitrogens is 3. The monoisotopic (exact) mass is 258 g/mol. The number of hydrogen-bond acceptors (Lipinski definition) is 3. The molecule has 1 N–H and O–H groups in total. The van der Waals surface area contributed by atoms with E-state index in [1.54, 1.807) is 6.33 Å². The molecule has 102 valence electrons. The van der Waals surface area contributed by atoms with Gasteiger partial charge >= 0.3 is 0 Å². The summed E-state index contributed by atoms with van der Waals surface area (Å²) in [6.45, 7) is 8.95. The number of rotatable bonds is 6. The third-order valence-corrected chi connectivity index (χ3v) is 3.21. The van der Waals surface area contributed by atoms with Crippen LogP contribution in [0.15, 0.2) is 24.5 Å². The molecule has 19 heavy (non-hydrogen) atoms. The summed E-state index contributed by atoms with van der Waals surface area (Å²) in [5.41, 5.74) is 3.91. The summed E-state index contributed by atoms with van der Waals surface area (Å²) in [6, 6.07) is 6.52. The van der Waals surface area contributed by atoms with Crippen molar-refractivity contribution in [2.75, 3.05) is 6.54 Å². The number of aryl methyl sites for hydroxylation is 2. The van der Waals surface area contributed by atoms with Crippen LogP contribution in [0.2, 0.25) is 0 Å². The van der Waals surface area contributed by atoms with Gasteiger partial charge in [-0.1, -0.05) is 25.1 Å². The smallest absolute Gasteiger partial charge is 0.164 e. The molecular formula is C15H22N4. The number of benzene rings is 1. The van der Waals surface area contributed by atoms with Crippen LogP contribution in [0.1, 0.15) is 35.9 Å². The lowest BCUT2D eigenvalue weighted by molar-refractivity contribution is 0.625. The van der Waals surface area contributed by atoms with Gasteiger partial charge in [-0.05, 0) is 43.5 Å². The number of nitrogens with one attached hydrogen (secondary N) is 1. The molecule has 0 saturated carbocycles. The molecule has 0 fully saturated rings. The van der Waals surface area contributed by atoms with E-state index < -0.39 is 0 Å². The molecule has 2 rings (SSSR count). The third kappa shape index (κ3) is 3.89. The van der Waals surface area contributed by atoms with Crippen molar-refractivity contribution in [3.05, 3.63) is 47.0 Å². The van der Waals surface area contributed by atoms with Gasteiger partial charge in [0.05, 0.1) is 13.1 Å². The Kier molecular flexibility index (Phi) is 4.68. The molecule has 0 amide bonds. The zero-order valence-electron chi connectivity index (χ0n) is 12.0. The predicted octanol–water partition coefficient (Wildman–Crippen LogP) is 2.44. The lowest BCUT2D eigenvalue weighted by Gasteiger charge is -2.05. The molecule has 0 aliphatic carbocycles. The van der Waals surface area contributed by atoms with Crippen molar-refractivity contribution in [3.63, 3.8) is 0 Å². The first-order valence-electron chi connectivity index (χ1n) is 6.84. The summed E-state index contributed by atoms with van der Waals surface area (Å²) in [4.78, 5) is 4.31. The van der Waals surface area contributed by atoms with Crippen LogP contribution in [-0.4, -0.2) is 21.3 Å². The van der Waals surface area contributed by atoms with Crippen LogP contribution in [0.3, 0.4) is 0 Å². The molecular weight excluding hydrogens is 236 g/mol. The highest BCUT2D eigenvalue weighted by Gasteiger charge is 2.02. The van der Waals surface area contributed by atoms with E-state index >= 15 is 0 Å². The molecule has 4 nitrogen and oxygen atoms in total. The fourth-order valence-corrected chi connectivity index (χ4v) is 1.96. The Morgan fingerprint density at radius 1 is 1.21 bits per heavy atom. The first-order valence-corrected chi connectivity index (χ1v) is 6.84. The molecule has 2 aromatic rings. The quantitative estimate of drug-likeness (QED) is 0.809. The fraction of sp³-hybridized carbons (Fsp3) is 0.467. The van der Waals surface area contributed by atoms with Gasteiger partial charge < -0.3 is 5.32 Å². The third-order valence-electron chi connectivity index (χ3n) is 3.21. The topological polar surface area (TPSA) is 42.7 Å². The largest absolute Gasteiger partial charge is 0.310 e. The average Bonchev–Trinajstić information content (AvgIpc) is 2.82. The molecule has 0 unspecified atom stereocenters. The second-order valence-corrected chi connectivity index (χ2v) is 4.95. The van der Waals surface area contributed by atoms with E-state index in [4.69, 9.17) is 0 Å². The lowest BCUT2D eigenvalue weighted by Crippen LogP contribution is -2.15. The van der Waals surface area contributed by atoms with Gasteiger partial charge in [0, 0.05) is 0 Å². The van der Waals surface area contributed by atoms with Gasteiger partial charge in [-0.2, -0.15) is 5.10 Å². The summed E-state index contributed by atoms with van der Waals surface area (Å²) in [5, 5.41) is 7.78. The average molecular weight is 258 g/mol. The Balaban J connectivity index is 1.97.